The highest BCUT2D eigenvalue weighted by Gasteiger charge is 2.26. The summed E-state index contributed by atoms with van der Waals surface area (Å²) >= 11 is 0. The van der Waals surface area contributed by atoms with Crippen LogP contribution in [0.3, 0.4) is 0 Å². The highest BCUT2D eigenvalue weighted by molar-refractivity contribution is 6.42. The first-order valence-electron chi connectivity index (χ1n) is 6.66. The summed E-state index contributed by atoms with van der Waals surface area (Å²) in [5.41, 5.74) is 0.290. The minimum Gasteiger partial charge on any atom is -0.460 e. The summed E-state index contributed by atoms with van der Waals surface area (Å²) in [6, 6.07) is 1.55. The third-order valence-electron chi connectivity index (χ3n) is 2.68. The van der Waals surface area contributed by atoms with Crippen molar-refractivity contribution in [1.29, 1.82) is 0 Å². The van der Waals surface area contributed by atoms with Gasteiger partial charge in [0.05, 0.1) is 17.9 Å². The SMILES string of the molecule is CCOC(=O)C(=O)c1cnc(C)cc1NC(=O)C(C)(C)C. The molecular formula is C15H20N2O4. The number of Topliss-reactive ketones (excluding diaryl/α,β-unsaturated/α-hetero) is 1. The summed E-state index contributed by atoms with van der Waals surface area (Å²) in [5, 5.41) is 2.66. The maximum absolute atomic E-state index is 12.1. The normalized spacial score (nSPS) is 10.9. The minimum atomic E-state index is -0.964. The van der Waals surface area contributed by atoms with Crippen LogP contribution < -0.4 is 5.32 Å². The van der Waals surface area contributed by atoms with Crippen LogP contribution in [0.15, 0.2) is 12.3 Å². The molecule has 0 saturated heterocycles. The Kier molecular flexibility index (Phi) is 5.18. The number of nitrogens with one attached hydrogen (secondary N) is 1. The van der Waals surface area contributed by atoms with E-state index in [2.05, 4.69) is 15.0 Å². The van der Waals surface area contributed by atoms with Gasteiger partial charge in [0.25, 0.3) is 5.78 Å². The van der Waals surface area contributed by atoms with E-state index in [-0.39, 0.29) is 23.8 Å². The molecule has 0 radical (unpaired) electrons. The van der Waals surface area contributed by atoms with E-state index < -0.39 is 17.2 Å². The number of carbonyl (C=O) groups excluding carboxylic acids is 3. The van der Waals surface area contributed by atoms with Gasteiger partial charge < -0.3 is 10.1 Å². The first-order chi connectivity index (χ1) is 9.66. The number of ketones is 1. The molecule has 1 aromatic rings. The fourth-order valence-electron chi connectivity index (χ4n) is 1.46. The smallest absolute Gasteiger partial charge is 0.379 e. The Balaban J connectivity index is 3.14. The molecule has 21 heavy (non-hydrogen) atoms. The number of carbonyl (C=O) groups is 3. The molecule has 0 unspecified atom stereocenters. The van der Waals surface area contributed by atoms with E-state index in [4.69, 9.17) is 0 Å². The van der Waals surface area contributed by atoms with Crippen molar-refractivity contribution in [3.63, 3.8) is 0 Å². The molecule has 0 saturated carbocycles. The number of nitrogens with zero attached hydrogens (tertiary/aromatic N) is 1. The number of aryl methyl sites for hydroxylation is 1. The van der Waals surface area contributed by atoms with E-state index in [0.717, 1.165) is 0 Å². The summed E-state index contributed by atoms with van der Waals surface area (Å²) in [6.45, 7) is 8.70. The monoisotopic (exact) mass is 292 g/mol. The van der Waals surface area contributed by atoms with Gasteiger partial charge in [-0.3, -0.25) is 14.6 Å². The number of aromatic nitrogens is 1. The lowest BCUT2D eigenvalue weighted by molar-refractivity contribution is -0.137. The molecule has 1 amide bonds. The van der Waals surface area contributed by atoms with Gasteiger partial charge >= 0.3 is 5.97 Å². The number of amides is 1. The molecule has 0 aliphatic rings. The molecule has 0 aromatic carbocycles. The molecule has 114 valence electrons. The van der Waals surface area contributed by atoms with E-state index in [0.29, 0.717) is 5.69 Å². The molecule has 1 aromatic heterocycles. The summed E-state index contributed by atoms with van der Waals surface area (Å²) in [5.74, 6) is -2.05. The summed E-state index contributed by atoms with van der Waals surface area (Å²) in [4.78, 5) is 39.6. The zero-order valence-corrected chi connectivity index (χ0v) is 12.9. The number of pyridine rings is 1. The quantitative estimate of drug-likeness (QED) is 0.522. The van der Waals surface area contributed by atoms with Crippen molar-refractivity contribution in [2.75, 3.05) is 11.9 Å². The maximum atomic E-state index is 12.1. The zero-order valence-electron chi connectivity index (χ0n) is 12.9. The Morgan fingerprint density at radius 3 is 2.43 bits per heavy atom. The van der Waals surface area contributed by atoms with E-state index in [1.165, 1.54) is 6.20 Å². The molecule has 0 bridgehead atoms. The fourth-order valence-corrected chi connectivity index (χ4v) is 1.46. The zero-order chi connectivity index (χ0) is 16.2. The van der Waals surface area contributed by atoms with Gasteiger partial charge in [0, 0.05) is 17.3 Å². The first-order valence-corrected chi connectivity index (χ1v) is 6.66. The lowest BCUT2D eigenvalue weighted by atomic mass is 9.95. The van der Waals surface area contributed by atoms with Crippen LogP contribution in [-0.4, -0.2) is 29.3 Å². The number of hydrogen-bond donors (Lipinski definition) is 1. The number of esters is 1. The van der Waals surface area contributed by atoms with Crippen LogP contribution in [0.5, 0.6) is 0 Å². The fraction of sp³-hybridized carbons (Fsp3) is 0.467. The average Bonchev–Trinajstić information content (AvgIpc) is 2.37. The third-order valence-corrected chi connectivity index (χ3v) is 2.68. The molecule has 1 rings (SSSR count). The third kappa shape index (κ3) is 4.37. The minimum absolute atomic E-state index is 0.0247. The van der Waals surface area contributed by atoms with E-state index in [1.54, 1.807) is 40.7 Å². The van der Waals surface area contributed by atoms with Gasteiger partial charge in [-0.1, -0.05) is 20.8 Å². The predicted octanol–water partition coefficient (Wildman–Crippen LogP) is 2.12. The van der Waals surface area contributed by atoms with Gasteiger partial charge in [0.2, 0.25) is 5.91 Å². The van der Waals surface area contributed by atoms with Crippen LogP contribution in [0, 0.1) is 12.3 Å². The maximum Gasteiger partial charge on any atom is 0.379 e. The van der Waals surface area contributed by atoms with Crippen molar-refractivity contribution in [2.24, 2.45) is 5.41 Å². The largest absolute Gasteiger partial charge is 0.460 e. The summed E-state index contributed by atoms with van der Waals surface area (Å²) in [6.07, 6.45) is 1.27. The molecule has 1 heterocycles. The second kappa shape index (κ2) is 6.47. The molecule has 0 spiro atoms. The van der Waals surface area contributed by atoms with Gasteiger partial charge in [0.1, 0.15) is 0 Å². The predicted molar refractivity (Wildman–Crippen MR) is 78.0 cm³/mol. The van der Waals surface area contributed by atoms with Gasteiger partial charge in [0.15, 0.2) is 0 Å². The number of rotatable bonds is 4. The van der Waals surface area contributed by atoms with Crippen molar-refractivity contribution in [2.45, 2.75) is 34.6 Å². The van der Waals surface area contributed by atoms with Gasteiger partial charge in [-0.15, -0.1) is 0 Å². The van der Waals surface area contributed by atoms with Crippen LogP contribution in [0.25, 0.3) is 0 Å². The second-order valence-electron chi connectivity index (χ2n) is 5.62. The Morgan fingerprint density at radius 1 is 1.29 bits per heavy atom. The lowest BCUT2D eigenvalue weighted by Crippen LogP contribution is -2.29. The highest BCUT2D eigenvalue weighted by Crippen LogP contribution is 2.21. The molecule has 6 heteroatoms. The van der Waals surface area contributed by atoms with E-state index in [9.17, 15) is 14.4 Å². The molecule has 6 nitrogen and oxygen atoms in total. The van der Waals surface area contributed by atoms with E-state index >= 15 is 0 Å². The number of hydrogen-bond acceptors (Lipinski definition) is 5. The Morgan fingerprint density at radius 2 is 1.90 bits per heavy atom. The van der Waals surface area contributed by atoms with Gasteiger partial charge in [-0.2, -0.15) is 0 Å². The van der Waals surface area contributed by atoms with Gasteiger partial charge in [-0.05, 0) is 19.9 Å². The van der Waals surface area contributed by atoms with Crippen LogP contribution >= 0.6 is 0 Å². The molecular weight excluding hydrogens is 272 g/mol. The van der Waals surface area contributed by atoms with Crippen molar-refractivity contribution in [1.82, 2.24) is 4.98 Å². The summed E-state index contributed by atoms with van der Waals surface area (Å²) in [7, 11) is 0. The topological polar surface area (TPSA) is 85.4 Å². The van der Waals surface area contributed by atoms with Crippen LogP contribution in [0.4, 0.5) is 5.69 Å². The van der Waals surface area contributed by atoms with Crippen molar-refractivity contribution in [3.05, 3.63) is 23.5 Å². The van der Waals surface area contributed by atoms with E-state index in [1.807, 2.05) is 0 Å². The number of ether oxygens (including phenoxy) is 1. The van der Waals surface area contributed by atoms with Crippen LogP contribution in [0.1, 0.15) is 43.7 Å². The highest BCUT2D eigenvalue weighted by atomic mass is 16.5. The average molecular weight is 292 g/mol. The molecule has 1 N–H and O–H groups in total. The van der Waals surface area contributed by atoms with Crippen LogP contribution in [0.2, 0.25) is 0 Å². The first kappa shape index (κ1) is 16.8. The Bertz CT molecular complexity index is 574. The number of anilines is 1. The van der Waals surface area contributed by atoms with Gasteiger partial charge in [-0.25, -0.2) is 4.79 Å². The molecule has 0 fully saturated rings. The Labute approximate surface area is 123 Å². The van der Waals surface area contributed by atoms with Crippen molar-refractivity contribution in [3.8, 4) is 0 Å². The molecule has 0 aliphatic carbocycles. The van der Waals surface area contributed by atoms with Crippen molar-refractivity contribution >= 4 is 23.3 Å². The molecule has 0 atom stereocenters. The lowest BCUT2D eigenvalue weighted by Gasteiger charge is -2.19. The Hall–Kier alpha value is -2.24. The van der Waals surface area contributed by atoms with Crippen LogP contribution in [-0.2, 0) is 14.3 Å². The standard InChI is InChI=1S/C15H20N2O4/c1-6-21-13(19)12(18)10-8-16-9(2)7-11(10)17-14(20)15(3,4)5/h7-8H,6H2,1-5H3,(H,16,17,20). The summed E-state index contributed by atoms with van der Waals surface area (Å²) < 4.78 is 4.69. The molecule has 0 aliphatic heterocycles. The van der Waals surface area contributed by atoms with Crippen molar-refractivity contribution < 1.29 is 19.1 Å². The second-order valence-corrected chi connectivity index (χ2v) is 5.62.